The van der Waals surface area contributed by atoms with Crippen molar-refractivity contribution in [2.24, 2.45) is 0 Å². The van der Waals surface area contributed by atoms with E-state index in [0.717, 1.165) is 15.8 Å². The summed E-state index contributed by atoms with van der Waals surface area (Å²) in [5.41, 5.74) is 2.34. The lowest BCUT2D eigenvalue weighted by Crippen LogP contribution is -2.57. The molecule has 2 aliphatic rings. The number of nitrogens with zero attached hydrogens (tertiary/aromatic N) is 4. The Hall–Kier alpha value is -4.46. The average molecular weight is 649 g/mol. The molecule has 46 heavy (non-hydrogen) atoms. The molecule has 3 aromatic rings. The van der Waals surface area contributed by atoms with Crippen molar-refractivity contribution in [1.29, 1.82) is 0 Å². The van der Waals surface area contributed by atoms with E-state index in [2.05, 4.69) is 5.32 Å². The Morgan fingerprint density at radius 1 is 0.957 bits per heavy atom. The van der Waals surface area contributed by atoms with Crippen molar-refractivity contribution in [3.8, 4) is 11.5 Å². The van der Waals surface area contributed by atoms with E-state index >= 15 is 0 Å². The van der Waals surface area contributed by atoms with Gasteiger partial charge in [-0.1, -0.05) is 30.3 Å². The van der Waals surface area contributed by atoms with Crippen LogP contribution in [0, 0.1) is 0 Å². The third-order valence-electron chi connectivity index (χ3n) is 8.38. The SMILES string of the molecule is CC(CCCC(=O)O)NC(=O)CCN(N1C(=O)c2ccccc2C12c1ccc(N(C)C)cc1Oc1cc(N(C)C)ccc12)S(=O)[O-]. The topological polar surface area (TPSA) is 146 Å². The zero-order valence-corrected chi connectivity index (χ0v) is 27.3. The number of amides is 2. The van der Waals surface area contributed by atoms with Gasteiger partial charge in [0.1, 0.15) is 17.0 Å². The van der Waals surface area contributed by atoms with Gasteiger partial charge in [0.25, 0.3) is 5.91 Å². The van der Waals surface area contributed by atoms with Crippen molar-refractivity contribution in [2.45, 2.75) is 44.2 Å². The second kappa shape index (κ2) is 13.1. The summed E-state index contributed by atoms with van der Waals surface area (Å²) in [6.45, 7) is 1.45. The van der Waals surface area contributed by atoms with Crippen LogP contribution in [-0.2, 0) is 26.4 Å². The fourth-order valence-corrected chi connectivity index (χ4v) is 6.75. The Bertz CT molecular complexity index is 1640. The summed E-state index contributed by atoms with van der Waals surface area (Å²) in [7, 11) is 7.61. The number of carbonyl (C=O) groups is 3. The van der Waals surface area contributed by atoms with Crippen LogP contribution in [0.2, 0.25) is 0 Å². The lowest BCUT2D eigenvalue weighted by atomic mass is 9.75. The van der Waals surface area contributed by atoms with E-state index in [9.17, 15) is 23.1 Å². The molecule has 1 spiro atoms. The number of rotatable bonds is 12. The lowest BCUT2D eigenvalue weighted by molar-refractivity contribution is -0.137. The number of benzene rings is 3. The monoisotopic (exact) mass is 648 g/mol. The maximum absolute atomic E-state index is 14.4. The molecule has 0 bridgehead atoms. The van der Waals surface area contributed by atoms with E-state index in [1.807, 2.05) is 86.5 Å². The zero-order chi connectivity index (χ0) is 33.3. The van der Waals surface area contributed by atoms with Crippen molar-refractivity contribution in [3.63, 3.8) is 0 Å². The van der Waals surface area contributed by atoms with Gasteiger partial charge in [-0.2, -0.15) is 0 Å². The third-order valence-corrected chi connectivity index (χ3v) is 9.07. The van der Waals surface area contributed by atoms with Gasteiger partial charge >= 0.3 is 5.97 Å². The van der Waals surface area contributed by atoms with Gasteiger partial charge < -0.3 is 29.5 Å². The number of carbonyl (C=O) groups excluding carboxylic acids is 2. The Morgan fingerprint density at radius 3 is 2.09 bits per heavy atom. The standard InChI is InChI=1S/C33H39N5O7S/c1-21(9-8-12-31(40)41)34-30(39)17-18-37(46(43)44)38-32(42)24-10-6-7-11-25(24)33(38)26-15-13-22(35(2)3)19-28(26)45-29-20-23(36(4)5)14-16-27(29)33/h6-7,10-11,13-16,19-21H,8-9,12,17-18H2,1-5H3,(H,34,39)(H,40,41)(H,43,44)/p-1. The fraction of sp³-hybridized carbons (Fsp3) is 0.364. The molecule has 0 fully saturated rings. The maximum Gasteiger partial charge on any atom is 0.303 e. The van der Waals surface area contributed by atoms with Crippen molar-refractivity contribution in [3.05, 3.63) is 82.9 Å². The quantitative estimate of drug-likeness (QED) is 0.280. The predicted octanol–water partition coefficient (Wildman–Crippen LogP) is 3.83. The van der Waals surface area contributed by atoms with Gasteiger partial charge in [0.05, 0.1) is 0 Å². The molecule has 0 saturated carbocycles. The molecule has 0 aromatic heterocycles. The van der Waals surface area contributed by atoms with E-state index in [4.69, 9.17) is 9.84 Å². The fourth-order valence-electron chi connectivity index (χ4n) is 6.18. The zero-order valence-electron chi connectivity index (χ0n) is 26.5. The van der Waals surface area contributed by atoms with Crippen molar-refractivity contribution < 1.29 is 33.0 Å². The van der Waals surface area contributed by atoms with E-state index in [1.165, 1.54) is 5.01 Å². The number of hydrogen-bond donors (Lipinski definition) is 2. The van der Waals surface area contributed by atoms with Crippen LogP contribution in [0.15, 0.2) is 60.7 Å². The normalized spacial score (nSPS) is 15.5. The summed E-state index contributed by atoms with van der Waals surface area (Å²) < 4.78 is 33.6. The summed E-state index contributed by atoms with van der Waals surface area (Å²) in [4.78, 5) is 42.1. The van der Waals surface area contributed by atoms with Crippen LogP contribution in [0.3, 0.4) is 0 Å². The first-order chi connectivity index (χ1) is 21.9. The largest absolute Gasteiger partial charge is 0.758 e. The van der Waals surface area contributed by atoms with Gasteiger partial charge in [-0.15, -0.1) is 4.41 Å². The number of fused-ring (bicyclic) bond motifs is 6. The molecule has 0 saturated heterocycles. The lowest BCUT2D eigenvalue weighted by Gasteiger charge is -2.48. The molecule has 2 N–H and O–H groups in total. The van der Waals surface area contributed by atoms with E-state index < -0.39 is 34.6 Å². The van der Waals surface area contributed by atoms with Crippen LogP contribution in [0.5, 0.6) is 11.5 Å². The number of carboxylic acids is 1. The van der Waals surface area contributed by atoms with Crippen LogP contribution < -0.4 is 19.9 Å². The Balaban J connectivity index is 1.62. The number of anilines is 2. The summed E-state index contributed by atoms with van der Waals surface area (Å²) in [6, 6.07) is 18.0. The van der Waals surface area contributed by atoms with Gasteiger partial charge in [-0.25, -0.2) is 5.01 Å². The average Bonchev–Trinajstić information content (AvgIpc) is 3.25. The molecule has 12 nitrogen and oxygen atoms in total. The molecular formula is C33H38N5O7S-. The Morgan fingerprint density at radius 2 is 1.54 bits per heavy atom. The van der Waals surface area contributed by atoms with Crippen LogP contribution in [0.4, 0.5) is 11.4 Å². The second-order valence-corrected chi connectivity index (χ2v) is 12.8. The highest BCUT2D eigenvalue weighted by molar-refractivity contribution is 7.76. The van der Waals surface area contributed by atoms with Gasteiger partial charge in [-0.05, 0) is 38.0 Å². The predicted molar refractivity (Wildman–Crippen MR) is 173 cm³/mol. The highest BCUT2D eigenvalue weighted by Gasteiger charge is 2.58. The molecule has 2 amide bonds. The minimum atomic E-state index is -2.96. The Kier molecular flexibility index (Phi) is 9.38. The van der Waals surface area contributed by atoms with Crippen molar-refractivity contribution >= 4 is 40.4 Å². The first-order valence-corrected chi connectivity index (χ1v) is 16.0. The third kappa shape index (κ3) is 5.93. The molecular weight excluding hydrogens is 610 g/mol. The minimum Gasteiger partial charge on any atom is -0.758 e. The number of hydrazine groups is 1. The Labute approximate surface area is 270 Å². The van der Waals surface area contributed by atoms with E-state index in [1.54, 1.807) is 19.1 Å². The van der Waals surface area contributed by atoms with Crippen molar-refractivity contribution in [1.82, 2.24) is 14.7 Å². The van der Waals surface area contributed by atoms with Crippen LogP contribution >= 0.6 is 0 Å². The molecule has 2 unspecified atom stereocenters. The number of nitrogens with one attached hydrogen (secondary N) is 1. The summed E-state index contributed by atoms with van der Waals surface area (Å²) >= 11 is -2.96. The van der Waals surface area contributed by atoms with Crippen LogP contribution in [0.25, 0.3) is 0 Å². The molecule has 0 aliphatic carbocycles. The minimum absolute atomic E-state index is 0.0123. The number of carboxylic acid groups (broad SMARTS) is 1. The molecule has 3 aromatic carbocycles. The van der Waals surface area contributed by atoms with Crippen LogP contribution in [0.1, 0.15) is 59.7 Å². The highest BCUT2D eigenvalue weighted by atomic mass is 32.2. The smallest absolute Gasteiger partial charge is 0.303 e. The molecule has 13 heteroatoms. The number of aliphatic carboxylic acids is 1. The number of ether oxygens (including phenoxy) is 1. The second-order valence-electron chi connectivity index (χ2n) is 11.9. The molecule has 2 atom stereocenters. The summed E-state index contributed by atoms with van der Waals surface area (Å²) in [6.07, 6.45) is 0.600. The van der Waals surface area contributed by atoms with Gasteiger partial charge in [0.2, 0.25) is 5.91 Å². The summed E-state index contributed by atoms with van der Waals surface area (Å²) in [5, 5.41) is 13.0. The van der Waals surface area contributed by atoms with Gasteiger partial charge in [-0.3, -0.25) is 18.6 Å². The summed E-state index contributed by atoms with van der Waals surface area (Å²) in [5.74, 6) is -0.934. The molecule has 5 rings (SSSR count). The van der Waals surface area contributed by atoms with E-state index in [0.29, 0.717) is 46.6 Å². The van der Waals surface area contributed by atoms with Crippen molar-refractivity contribution in [2.75, 3.05) is 44.5 Å². The van der Waals surface area contributed by atoms with Gasteiger partial charge in [0, 0.05) is 111 Å². The first kappa shape index (κ1) is 32.9. The van der Waals surface area contributed by atoms with Gasteiger partial charge in [0.15, 0.2) is 0 Å². The molecule has 0 radical (unpaired) electrons. The first-order valence-electron chi connectivity index (χ1n) is 15.0. The molecule has 244 valence electrons. The highest BCUT2D eigenvalue weighted by Crippen LogP contribution is 2.58. The molecule has 2 heterocycles. The van der Waals surface area contributed by atoms with E-state index in [-0.39, 0.29) is 25.4 Å². The van der Waals surface area contributed by atoms with Crippen LogP contribution in [-0.4, -0.2) is 81.9 Å². The maximum atomic E-state index is 14.4. The molecule has 2 aliphatic heterocycles. The number of hydrogen-bond acceptors (Lipinski definition) is 8.